The minimum absolute atomic E-state index is 0. The van der Waals surface area contributed by atoms with E-state index in [1.54, 1.807) is 0 Å². The Morgan fingerprint density at radius 2 is 1.50 bits per heavy atom. The van der Waals surface area contributed by atoms with Crippen LogP contribution in [0.25, 0.3) is 0 Å². The van der Waals surface area contributed by atoms with Crippen molar-refractivity contribution in [2.75, 3.05) is 13.3 Å². The molecule has 0 rings (SSSR count). The van der Waals surface area contributed by atoms with Gasteiger partial charge in [0.1, 0.15) is 0 Å². The van der Waals surface area contributed by atoms with Gasteiger partial charge in [-0.05, 0) is 0 Å². The summed E-state index contributed by atoms with van der Waals surface area (Å²) in [7, 11) is 0. The van der Waals surface area contributed by atoms with E-state index in [1.807, 2.05) is 13.3 Å². The van der Waals surface area contributed by atoms with Gasteiger partial charge in [-0.2, -0.15) is 5.24 Å². The molecule has 0 atom stereocenters. The standard InChI is InChI=1S/C2H7PS2.H3N/c1-3(2,4)5;/h1-2H3,(H,4,5);1H3. The maximum Gasteiger partial charge on any atom is -0.0559 e. The van der Waals surface area contributed by atoms with Gasteiger partial charge in [-0.15, -0.1) is 11.8 Å². The molecule has 0 radical (unpaired) electrons. The van der Waals surface area contributed by atoms with Crippen LogP contribution >= 0.6 is 5.24 Å². The number of rotatable bonds is 0. The van der Waals surface area contributed by atoms with E-state index >= 15 is 0 Å². The average molecular weight is 143 g/mol. The first kappa shape index (κ1) is 10.0. The van der Waals surface area contributed by atoms with E-state index in [4.69, 9.17) is 24.1 Å². The first-order valence-electron chi connectivity index (χ1n) is 1.26. The van der Waals surface area contributed by atoms with Crippen LogP contribution in [0.15, 0.2) is 0 Å². The lowest BCUT2D eigenvalue weighted by molar-refractivity contribution is 2.13. The van der Waals surface area contributed by atoms with Gasteiger partial charge in [0.15, 0.2) is 0 Å². The lowest BCUT2D eigenvalue weighted by atomic mass is 11.9. The summed E-state index contributed by atoms with van der Waals surface area (Å²) in [6.07, 6.45) is 0. The van der Waals surface area contributed by atoms with Crippen LogP contribution < -0.4 is 6.15 Å². The van der Waals surface area contributed by atoms with E-state index < -0.39 is 5.24 Å². The Balaban J connectivity index is 0. The molecule has 0 aromatic rings. The second kappa shape index (κ2) is 3.03. The molecule has 0 bridgehead atoms. The summed E-state index contributed by atoms with van der Waals surface area (Å²) in [5.41, 5.74) is 0. The fourth-order valence-corrected chi connectivity index (χ4v) is 0. The van der Waals surface area contributed by atoms with Gasteiger partial charge in [-0.1, -0.05) is 13.3 Å². The maximum atomic E-state index is 4.75. The predicted molar refractivity (Wildman–Crippen MR) is 39.5 cm³/mol. The Kier molecular flexibility index (Phi) is 5.07. The van der Waals surface area contributed by atoms with E-state index in [1.165, 1.54) is 0 Å². The van der Waals surface area contributed by atoms with Crippen LogP contribution in [-0.4, -0.2) is 13.3 Å². The highest BCUT2D eigenvalue weighted by Gasteiger charge is 1.67. The minimum Gasteiger partial charge on any atom is -0.747 e. The van der Waals surface area contributed by atoms with Gasteiger partial charge in [0.25, 0.3) is 0 Å². The molecule has 0 aliphatic carbocycles. The second-order valence-corrected chi connectivity index (χ2v) is 9.93. The van der Waals surface area contributed by atoms with Gasteiger partial charge in [0, 0.05) is 0 Å². The Bertz CT molecular complexity index is 57.7. The highest BCUT2D eigenvalue weighted by Crippen LogP contribution is 2.31. The van der Waals surface area contributed by atoms with Crippen molar-refractivity contribution in [3.8, 4) is 0 Å². The van der Waals surface area contributed by atoms with Crippen LogP contribution in [-0.2, 0) is 24.1 Å². The number of hydrogen-bond acceptors (Lipinski definition) is 2. The van der Waals surface area contributed by atoms with Gasteiger partial charge >= 0.3 is 0 Å². The maximum absolute atomic E-state index is 4.75. The third-order valence-electron chi connectivity index (χ3n) is 0. The van der Waals surface area contributed by atoms with Crippen LogP contribution in [0.1, 0.15) is 0 Å². The molecule has 0 fully saturated rings. The molecule has 0 heterocycles. The molecule has 0 amide bonds. The second-order valence-electron chi connectivity index (χ2n) is 1.25. The summed E-state index contributed by atoms with van der Waals surface area (Å²) >= 11 is 9.50. The van der Waals surface area contributed by atoms with Crippen molar-refractivity contribution in [2.45, 2.75) is 0 Å². The van der Waals surface area contributed by atoms with Crippen molar-refractivity contribution in [1.82, 2.24) is 6.15 Å². The van der Waals surface area contributed by atoms with E-state index in [-0.39, 0.29) is 6.15 Å². The molecular weight excluding hydrogens is 133 g/mol. The fourth-order valence-electron chi connectivity index (χ4n) is 0. The largest absolute Gasteiger partial charge is 0.747 e. The third-order valence-corrected chi connectivity index (χ3v) is 0. The highest BCUT2D eigenvalue weighted by atomic mass is 32.9. The van der Waals surface area contributed by atoms with Gasteiger partial charge in [0.05, 0.1) is 0 Å². The quantitative estimate of drug-likeness (QED) is 0.412. The summed E-state index contributed by atoms with van der Waals surface area (Å²) in [6, 6.07) is 0. The average Bonchev–Trinajstić information content (AvgIpc) is 0.722. The third kappa shape index (κ3) is 84.4. The molecule has 4 N–H and O–H groups in total. The van der Waals surface area contributed by atoms with Crippen LogP contribution in [0.4, 0.5) is 0 Å². The molecule has 1 nitrogen and oxygen atoms in total. The predicted octanol–water partition coefficient (Wildman–Crippen LogP) is 1.56. The lowest BCUT2D eigenvalue weighted by Gasteiger charge is -2.12. The molecule has 0 spiro atoms. The zero-order valence-corrected chi connectivity index (χ0v) is 6.79. The summed E-state index contributed by atoms with van der Waals surface area (Å²) < 4.78 is 0. The van der Waals surface area contributed by atoms with E-state index in [9.17, 15) is 0 Å². The Hall–Kier alpha value is 0.960. The van der Waals surface area contributed by atoms with E-state index in [0.29, 0.717) is 0 Å². The van der Waals surface area contributed by atoms with Crippen LogP contribution in [0.3, 0.4) is 0 Å². The molecule has 0 aromatic heterocycles. The first-order valence-corrected chi connectivity index (χ1v) is 5.97. The fraction of sp³-hybridized carbons (Fsp3) is 1.00. The monoisotopic (exact) mass is 143 g/mol. The van der Waals surface area contributed by atoms with Crippen molar-refractivity contribution < 1.29 is 0 Å². The zero-order valence-electron chi connectivity index (χ0n) is 4.26. The normalized spacial score (nSPS) is 9.83. The molecule has 40 valence electrons. The zero-order chi connectivity index (χ0) is 4.50. The first-order chi connectivity index (χ1) is 2.00. The molecular formula is C2H10NPS2. The summed E-state index contributed by atoms with van der Waals surface area (Å²) in [5, 5.41) is -1.22. The molecule has 4 heteroatoms. The van der Waals surface area contributed by atoms with Crippen LogP contribution in [0.5, 0.6) is 0 Å². The van der Waals surface area contributed by atoms with Crippen LogP contribution in [0.2, 0.25) is 0 Å². The minimum atomic E-state index is -1.22. The topological polar surface area (TPSA) is 36.5 Å². The van der Waals surface area contributed by atoms with E-state index in [0.717, 1.165) is 0 Å². The van der Waals surface area contributed by atoms with E-state index in [2.05, 4.69) is 0 Å². The smallest absolute Gasteiger partial charge is 0.0559 e. The Morgan fingerprint density at radius 1 is 1.50 bits per heavy atom. The van der Waals surface area contributed by atoms with Gasteiger partial charge in [-0.3, -0.25) is 0 Å². The molecule has 0 saturated carbocycles. The molecule has 6 heavy (non-hydrogen) atoms. The number of hydrogen-bond donors (Lipinski definition) is 1. The summed E-state index contributed by atoms with van der Waals surface area (Å²) in [5.74, 6) is 0. The molecule has 0 saturated heterocycles. The SMILES string of the molecule is CP(C)(=S)[S-].[NH4+]. The van der Waals surface area contributed by atoms with Crippen molar-refractivity contribution in [3.05, 3.63) is 0 Å². The van der Waals surface area contributed by atoms with Gasteiger partial charge < -0.3 is 18.4 Å². The summed E-state index contributed by atoms with van der Waals surface area (Å²) in [4.78, 5) is 0. The van der Waals surface area contributed by atoms with Gasteiger partial charge in [-0.25, -0.2) is 0 Å². The highest BCUT2D eigenvalue weighted by molar-refractivity contribution is 8.54. The van der Waals surface area contributed by atoms with Crippen molar-refractivity contribution in [2.24, 2.45) is 0 Å². The van der Waals surface area contributed by atoms with Crippen molar-refractivity contribution in [1.29, 1.82) is 0 Å². The van der Waals surface area contributed by atoms with Crippen molar-refractivity contribution >= 4 is 29.3 Å². The Labute approximate surface area is 49.3 Å². The molecule has 0 aromatic carbocycles. The molecule has 0 unspecified atom stereocenters. The lowest BCUT2D eigenvalue weighted by Crippen LogP contribution is -1.56. The molecule has 0 aliphatic heterocycles. The van der Waals surface area contributed by atoms with Gasteiger partial charge in [0.2, 0.25) is 0 Å². The molecule has 0 aliphatic rings. The van der Waals surface area contributed by atoms with Crippen LogP contribution in [0, 0.1) is 0 Å². The number of quaternary nitrogens is 1. The Morgan fingerprint density at radius 3 is 1.50 bits per heavy atom. The van der Waals surface area contributed by atoms with Crippen molar-refractivity contribution in [3.63, 3.8) is 0 Å². The summed E-state index contributed by atoms with van der Waals surface area (Å²) in [6.45, 7) is 3.86.